The maximum atomic E-state index is 12.3. The van der Waals surface area contributed by atoms with Gasteiger partial charge in [-0.15, -0.1) is 21.5 Å². The zero-order chi connectivity index (χ0) is 21.2. The van der Waals surface area contributed by atoms with Crippen LogP contribution in [0.25, 0.3) is 16.2 Å². The molecule has 0 radical (unpaired) electrons. The van der Waals surface area contributed by atoms with E-state index in [1.54, 1.807) is 0 Å². The van der Waals surface area contributed by atoms with Crippen LogP contribution in [0, 0.1) is 0 Å². The number of amides is 1. The lowest BCUT2D eigenvalue weighted by Crippen LogP contribution is -2.23. The summed E-state index contributed by atoms with van der Waals surface area (Å²) in [6.07, 6.45) is 0.380. The van der Waals surface area contributed by atoms with Crippen LogP contribution in [0.4, 0.5) is 0 Å². The second-order valence-electron chi connectivity index (χ2n) is 6.79. The van der Waals surface area contributed by atoms with Crippen molar-refractivity contribution in [2.75, 3.05) is 12.5 Å². The lowest BCUT2D eigenvalue weighted by Gasteiger charge is -2.06. The SMILES string of the molecule is O=C(CCSc1nnc2scc(-c3ccc(Cl)cc3)n12)NCc1ccc2c(c1)OCO2. The highest BCUT2D eigenvalue weighted by Gasteiger charge is 2.15. The summed E-state index contributed by atoms with van der Waals surface area (Å²) in [6.45, 7) is 0.683. The highest BCUT2D eigenvalue weighted by atomic mass is 35.5. The van der Waals surface area contributed by atoms with Crippen LogP contribution in [0.2, 0.25) is 5.02 Å². The zero-order valence-corrected chi connectivity index (χ0v) is 18.6. The molecular formula is C21H17ClN4O3S2. The average Bonchev–Trinajstić information content (AvgIpc) is 3.50. The van der Waals surface area contributed by atoms with Crippen molar-refractivity contribution in [3.8, 4) is 22.8 Å². The zero-order valence-electron chi connectivity index (χ0n) is 16.2. The number of carbonyl (C=O) groups excluding carboxylic acids is 1. The molecule has 0 atom stereocenters. The standard InChI is InChI=1S/C21H17ClN4O3S2/c22-15-4-2-14(3-5-15)16-11-31-21-25-24-20(26(16)21)30-8-7-19(27)23-10-13-1-6-17-18(9-13)29-12-28-17/h1-6,9,11H,7-8,10,12H2,(H,23,27). The molecule has 2 aromatic heterocycles. The van der Waals surface area contributed by atoms with Crippen LogP contribution in [-0.4, -0.2) is 33.1 Å². The molecule has 1 N–H and O–H groups in total. The lowest BCUT2D eigenvalue weighted by atomic mass is 10.2. The minimum atomic E-state index is -0.0193. The number of carbonyl (C=O) groups is 1. The summed E-state index contributed by atoms with van der Waals surface area (Å²) in [5.41, 5.74) is 3.02. The summed E-state index contributed by atoms with van der Waals surface area (Å²) in [6, 6.07) is 13.3. The fourth-order valence-electron chi connectivity index (χ4n) is 3.19. The van der Waals surface area contributed by atoms with Gasteiger partial charge in [0.25, 0.3) is 0 Å². The Balaban J connectivity index is 1.18. The molecule has 10 heteroatoms. The Morgan fingerprint density at radius 3 is 2.87 bits per heavy atom. The van der Waals surface area contributed by atoms with Gasteiger partial charge in [0.05, 0.1) is 5.69 Å². The van der Waals surface area contributed by atoms with Crippen molar-refractivity contribution in [3.63, 3.8) is 0 Å². The van der Waals surface area contributed by atoms with Gasteiger partial charge in [0, 0.05) is 29.1 Å². The number of nitrogens with zero attached hydrogens (tertiary/aromatic N) is 3. The first-order valence-corrected chi connectivity index (χ1v) is 11.8. The highest BCUT2D eigenvalue weighted by molar-refractivity contribution is 7.99. The second-order valence-corrected chi connectivity index (χ2v) is 9.13. The number of thiazole rings is 1. The van der Waals surface area contributed by atoms with Crippen LogP contribution >= 0.6 is 34.7 Å². The first kappa shape index (κ1) is 20.2. The van der Waals surface area contributed by atoms with E-state index in [9.17, 15) is 4.79 Å². The van der Waals surface area contributed by atoms with E-state index in [4.69, 9.17) is 21.1 Å². The first-order valence-electron chi connectivity index (χ1n) is 9.54. The van der Waals surface area contributed by atoms with E-state index >= 15 is 0 Å². The van der Waals surface area contributed by atoms with Crippen LogP contribution in [0.15, 0.2) is 53.0 Å². The highest BCUT2D eigenvalue weighted by Crippen LogP contribution is 2.33. The Bertz CT molecular complexity index is 1240. The largest absolute Gasteiger partial charge is 0.454 e. The minimum Gasteiger partial charge on any atom is -0.454 e. The third kappa shape index (κ3) is 4.34. The fourth-order valence-corrected chi connectivity index (χ4v) is 5.09. The molecule has 4 aromatic rings. The molecule has 0 saturated carbocycles. The van der Waals surface area contributed by atoms with Gasteiger partial charge < -0.3 is 14.8 Å². The number of aromatic nitrogens is 3. The molecule has 31 heavy (non-hydrogen) atoms. The Morgan fingerprint density at radius 2 is 2.00 bits per heavy atom. The van der Waals surface area contributed by atoms with Crippen LogP contribution in [-0.2, 0) is 11.3 Å². The summed E-state index contributed by atoms with van der Waals surface area (Å²) >= 11 is 9.05. The van der Waals surface area contributed by atoms with E-state index in [0.29, 0.717) is 29.5 Å². The Kier molecular flexibility index (Phi) is 5.71. The Labute approximate surface area is 191 Å². The van der Waals surface area contributed by atoms with E-state index in [-0.39, 0.29) is 12.7 Å². The monoisotopic (exact) mass is 472 g/mol. The number of benzene rings is 2. The average molecular weight is 473 g/mol. The Morgan fingerprint density at radius 1 is 1.16 bits per heavy atom. The molecule has 0 saturated heterocycles. The van der Waals surface area contributed by atoms with Gasteiger partial charge in [0.1, 0.15) is 0 Å². The molecule has 0 aliphatic carbocycles. The summed E-state index contributed by atoms with van der Waals surface area (Å²) in [4.78, 5) is 13.1. The molecule has 1 aliphatic rings. The number of fused-ring (bicyclic) bond motifs is 2. The van der Waals surface area contributed by atoms with Crippen molar-refractivity contribution >= 4 is 45.6 Å². The molecule has 0 unspecified atom stereocenters. The molecule has 2 aromatic carbocycles. The van der Waals surface area contributed by atoms with E-state index in [1.165, 1.54) is 23.1 Å². The fraction of sp³-hybridized carbons (Fsp3) is 0.190. The number of ether oxygens (including phenoxy) is 2. The number of halogens is 1. The minimum absolute atomic E-state index is 0.0193. The predicted octanol–water partition coefficient (Wildman–Crippen LogP) is 4.64. The molecule has 3 heterocycles. The van der Waals surface area contributed by atoms with Gasteiger partial charge in [-0.3, -0.25) is 9.20 Å². The van der Waals surface area contributed by atoms with E-state index in [1.807, 2.05) is 46.9 Å². The lowest BCUT2D eigenvalue weighted by molar-refractivity contribution is -0.120. The molecule has 1 amide bonds. The summed E-state index contributed by atoms with van der Waals surface area (Å²) < 4.78 is 12.7. The topological polar surface area (TPSA) is 77.8 Å². The number of thioether (sulfide) groups is 1. The summed E-state index contributed by atoms with van der Waals surface area (Å²) in [5.74, 6) is 2.03. The third-order valence-corrected chi connectivity index (χ3v) is 6.75. The van der Waals surface area contributed by atoms with Crippen molar-refractivity contribution in [2.45, 2.75) is 18.1 Å². The van der Waals surface area contributed by atoms with Gasteiger partial charge in [0.15, 0.2) is 16.7 Å². The maximum absolute atomic E-state index is 12.3. The number of nitrogens with one attached hydrogen (secondary N) is 1. The third-order valence-electron chi connectivity index (χ3n) is 4.75. The van der Waals surface area contributed by atoms with Crippen molar-refractivity contribution in [1.29, 1.82) is 0 Å². The maximum Gasteiger partial charge on any atom is 0.231 e. The van der Waals surface area contributed by atoms with Gasteiger partial charge in [0.2, 0.25) is 17.7 Å². The van der Waals surface area contributed by atoms with E-state index in [2.05, 4.69) is 20.9 Å². The molecule has 0 spiro atoms. The van der Waals surface area contributed by atoms with Crippen molar-refractivity contribution in [1.82, 2.24) is 19.9 Å². The van der Waals surface area contributed by atoms with Gasteiger partial charge in [-0.1, -0.05) is 41.6 Å². The number of hydrogen-bond acceptors (Lipinski definition) is 7. The van der Waals surface area contributed by atoms with Crippen molar-refractivity contribution in [2.24, 2.45) is 0 Å². The van der Waals surface area contributed by atoms with E-state index in [0.717, 1.165) is 32.7 Å². The van der Waals surface area contributed by atoms with Gasteiger partial charge in [-0.2, -0.15) is 0 Å². The van der Waals surface area contributed by atoms with Crippen LogP contribution in [0.5, 0.6) is 11.5 Å². The van der Waals surface area contributed by atoms with Gasteiger partial charge in [-0.05, 0) is 35.4 Å². The predicted molar refractivity (Wildman–Crippen MR) is 121 cm³/mol. The summed E-state index contributed by atoms with van der Waals surface area (Å²) in [5, 5.41) is 15.0. The molecule has 158 valence electrons. The van der Waals surface area contributed by atoms with Crippen LogP contribution in [0.1, 0.15) is 12.0 Å². The quantitative estimate of drug-likeness (QED) is 0.395. The molecule has 5 rings (SSSR count). The summed E-state index contributed by atoms with van der Waals surface area (Å²) in [7, 11) is 0. The normalized spacial score (nSPS) is 12.4. The van der Waals surface area contributed by atoms with Crippen LogP contribution < -0.4 is 14.8 Å². The van der Waals surface area contributed by atoms with Crippen LogP contribution in [0.3, 0.4) is 0 Å². The first-order chi connectivity index (χ1) is 15.2. The van der Waals surface area contributed by atoms with Gasteiger partial charge >= 0.3 is 0 Å². The molecule has 0 fully saturated rings. The smallest absolute Gasteiger partial charge is 0.231 e. The number of rotatable bonds is 7. The molecule has 0 bridgehead atoms. The van der Waals surface area contributed by atoms with Crippen molar-refractivity contribution in [3.05, 3.63) is 58.4 Å². The molecule has 1 aliphatic heterocycles. The molecule has 7 nitrogen and oxygen atoms in total. The van der Waals surface area contributed by atoms with Crippen molar-refractivity contribution < 1.29 is 14.3 Å². The number of hydrogen-bond donors (Lipinski definition) is 1. The van der Waals surface area contributed by atoms with E-state index < -0.39 is 0 Å². The van der Waals surface area contributed by atoms with Gasteiger partial charge in [-0.25, -0.2) is 0 Å². The Hall–Kier alpha value is -2.75. The molecular weight excluding hydrogens is 456 g/mol. The second kappa shape index (κ2) is 8.78.